The maximum atomic E-state index is 5.20. The van der Waals surface area contributed by atoms with Crippen LogP contribution in [0.25, 0.3) is 87.2 Å². The van der Waals surface area contributed by atoms with Crippen LogP contribution in [0.1, 0.15) is 0 Å². The van der Waals surface area contributed by atoms with Crippen LogP contribution in [0, 0.1) is 0 Å². The second-order valence-electron chi connectivity index (χ2n) is 11.7. The topological polar surface area (TPSA) is 38.7 Å². The molecule has 6 aromatic carbocycles. The van der Waals surface area contributed by atoms with Gasteiger partial charge in [0.25, 0.3) is 0 Å². The van der Waals surface area contributed by atoms with Crippen LogP contribution in [0.2, 0.25) is 0 Å². The Balaban J connectivity index is 1.30. The molecular formula is C43H27N3S. The van der Waals surface area contributed by atoms with Gasteiger partial charge in [0.2, 0.25) is 0 Å². The van der Waals surface area contributed by atoms with Crippen LogP contribution < -0.4 is 0 Å². The molecule has 0 fully saturated rings. The van der Waals surface area contributed by atoms with Crippen molar-refractivity contribution < 1.29 is 0 Å². The lowest BCUT2D eigenvalue weighted by Crippen LogP contribution is -1.96. The molecule has 9 aromatic rings. The van der Waals surface area contributed by atoms with Gasteiger partial charge in [0.1, 0.15) is 4.83 Å². The fourth-order valence-corrected chi connectivity index (χ4v) is 7.46. The zero-order valence-corrected chi connectivity index (χ0v) is 26.2. The monoisotopic (exact) mass is 617 g/mol. The largest absolute Gasteiger partial charge is 0.245 e. The van der Waals surface area contributed by atoms with E-state index in [4.69, 9.17) is 9.97 Å². The van der Waals surface area contributed by atoms with Gasteiger partial charge in [0, 0.05) is 38.4 Å². The maximum absolute atomic E-state index is 5.20. The van der Waals surface area contributed by atoms with Gasteiger partial charge >= 0.3 is 0 Å². The summed E-state index contributed by atoms with van der Waals surface area (Å²) in [5, 5.41) is 4.86. The van der Waals surface area contributed by atoms with Crippen molar-refractivity contribution in [3.8, 4) is 56.2 Å². The van der Waals surface area contributed by atoms with Crippen LogP contribution in [0.15, 0.2) is 164 Å². The van der Waals surface area contributed by atoms with Gasteiger partial charge in [-0.1, -0.05) is 109 Å². The van der Waals surface area contributed by atoms with Crippen molar-refractivity contribution in [3.63, 3.8) is 0 Å². The van der Waals surface area contributed by atoms with Crippen molar-refractivity contribution in [1.29, 1.82) is 0 Å². The summed E-state index contributed by atoms with van der Waals surface area (Å²) in [5.41, 5.74) is 9.49. The first-order chi connectivity index (χ1) is 23.3. The Morgan fingerprint density at radius 2 is 1.09 bits per heavy atom. The first-order valence-electron chi connectivity index (χ1n) is 15.7. The number of hydrogen-bond donors (Lipinski definition) is 0. The summed E-state index contributed by atoms with van der Waals surface area (Å²) in [7, 11) is 0. The molecule has 0 radical (unpaired) electrons. The third kappa shape index (κ3) is 5.05. The molecule has 220 valence electrons. The number of aromatic nitrogens is 3. The Hall–Kier alpha value is -5.97. The number of hydrogen-bond acceptors (Lipinski definition) is 4. The molecule has 0 atom stereocenters. The molecule has 0 saturated carbocycles. The molecule has 3 heterocycles. The summed E-state index contributed by atoms with van der Waals surface area (Å²) < 4.78 is 1.24. The molecule has 0 N–H and O–H groups in total. The molecule has 9 rings (SSSR count). The van der Waals surface area contributed by atoms with E-state index in [1.807, 2.05) is 36.5 Å². The van der Waals surface area contributed by atoms with E-state index < -0.39 is 0 Å². The Bertz CT molecular complexity index is 2510. The zero-order valence-electron chi connectivity index (χ0n) is 25.3. The van der Waals surface area contributed by atoms with E-state index in [0.29, 0.717) is 5.82 Å². The molecule has 0 amide bonds. The van der Waals surface area contributed by atoms with Crippen molar-refractivity contribution in [3.05, 3.63) is 164 Å². The summed E-state index contributed by atoms with van der Waals surface area (Å²) in [6.45, 7) is 0. The van der Waals surface area contributed by atoms with E-state index in [1.165, 1.54) is 31.8 Å². The highest BCUT2D eigenvalue weighted by atomic mass is 32.1. The third-order valence-corrected chi connectivity index (χ3v) is 9.83. The van der Waals surface area contributed by atoms with Crippen molar-refractivity contribution in [2.24, 2.45) is 0 Å². The van der Waals surface area contributed by atoms with Crippen LogP contribution in [-0.4, -0.2) is 15.0 Å². The van der Waals surface area contributed by atoms with Gasteiger partial charge in [0.15, 0.2) is 5.82 Å². The van der Waals surface area contributed by atoms with E-state index >= 15 is 0 Å². The lowest BCUT2D eigenvalue weighted by Gasteiger charge is -2.14. The Morgan fingerprint density at radius 1 is 0.404 bits per heavy atom. The van der Waals surface area contributed by atoms with E-state index in [2.05, 4.69) is 132 Å². The predicted octanol–water partition coefficient (Wildman–Crippen LogP) is 11.7. The first kappa shape index (κ1) is 27.3. The quantitative estimate of drug-likeness (QED) is 0.193. The number of rotatable bonds is 5. The van der Waals surface area contributed by atoms with Crippen LogP contribution in [0.3, 0.4) is 0 Å². The Kier molecular flexibility index (Phi) is 6.65. The normalized spacial score (nSPS) is 11.4. The highest BCUT2D eigenvalue weighted by Gasteiger charge is 2.15. The van der Waals surface area contributed by atoms with E-state index in [-0.39, 0.29) is 0 Å². The highest BCUT2D eigenvalue weighted by molar-refractivity contribution is 7.25. The average Bonchev–Trinajstić information content (AvgIpc) is 3.53. The molecule has 0 aliphatic heterocycles. The lowest BCUT2D eigenvalue weighted by molar-refractivity contribution is 1.18. The number of thiophene rings is 1. The second-order valence-corrected chi connectivity index (χ2v) is 12.7. The average molecular weight is 618 g/mol. The fraction of sp³-hybridized carbons (Fsp3) is 0. The van der Waals surface area contributed by atoms with Crippen LogP contribution in [0.5, 0.6) is 0 Å². The Morgan fingerprint density at radius 3 is 1.94 bits per heavy atom. The number of nitrogens with zero attached hydrogens (tertiary/aromatic N) is 3. The van der Waals surface area contributed by atoms with Crippen molar-refractivity contribution >= 4 is 42.4 Å². The smallest absolute Gasteiger partial charge is 0.160 e. The first-order valence-corrected chi connectivity index (χ1v) is 16.5. The second kappa shape index (κ2) is 11.4. The van der Waals surface area contributed by atoms with Gasteiger partial charge < -0.3 is 0 Å². The molecule has 3 aromatic heterocycles. The van der Waals surface area contributed by atoms with Crippen molar-refractivity contribution in [1.82, 2.24) is 15.0 Å². The van der Waals surface area contributed by atoms with Gasteiger partial charge in [-0.15, -0.1) is 11.3 Å². The molecule has 4 heteroatoms. The van der Waals surface area contributed by atoms with Gasteiger partial charge in [-0.05, 0) is 81.6 Å². The molecule has 0 unspecified atom stereocenters. The number of pyridine rings is 1. The van der Waals surface area contributed by atoms with Crippen LogP contribution in [0.4, 0.5) is 0 Å². The van der Waals surface area contributed by atoms with Crippen LogP contribution in [-0.2, 0) is 0 Å². The van der Waals surface area contributed by atoms with E-state index in [9.17, 15) is 0 Å². The molecule has 3 nitrogen and oxygen atoms in total. The summed E-state index contributed by atoms with van der Waals surface area (Å²) >= 11 is 1.74. The number of fused-ring (bicyclic) bond motifs is 4. The van der Waals surface area contributed by atoms with E-state index in [0.717, 1.165) is 49.6 Å². The van der Waals surface area contributed by atoms with E-state index in [1.54, 1.807) is 11.3 Å². The molecular weight excluding hydrogens is 591 g/mol. The summed E-state index contributed by atoms with van der Waals surface area (Å²) in [6.07, 6.45) is 1.87. The summed E-state index contributed by atoms with van der Waals surface area (Å²) in [6, 6.07) is 55.7. The zero-order chi connectivity index (χ0) is 31.2. The molecule has 0 bridgehead atoms. The van der Waals surface area contributed by atoms with Gasteiger partial charge in [-0.25, -0.2) is 15.0 Å². The minimum atomic E-state index is 0.706. The summed E-state index contributed by atoms with van der Waals surface area (Å²) in [5.74, 6) is 0.706. The summed E-state index contributed by atoms with van der Waals surface area (Å²) in [4.78, 5) is 15.9. The number of benzene rings is 6. The van der Waals surface area contributed by atoms with Crippen molar-refractivity contribution in [2.75, 3.05) is 0 Å². The van der Waals surface area contributed by atoms with Gasteiger partial charge in [-0.2, -0.15) is 0 Å². The minimum Gasteiger partial charge on any atom is -0.245 e. The Labute approximate surface area is 276 Å². The highest BCUT2D eigenvalue weighted by Crippen LogP contribution is 2.39. The fourth-order valence-electron chi connectivity index (χ4n) is 6.43. The van der Waals surface area contributed by atoms with Gasteiger partial charge in [0.05, 0.1) is 11.4 Å². The molecule has 0 aliphatic rings. The van der Waals surface area contributed by atoms with Gasteiger partial charge in [-0.3, -0.25) is 0 Å². The molecule has 0 spiro atoms. The molecule has 47 heavy (non-hydrogen) atoms. The SMILES string of the molecule is c1ccc(-c2cc(-c3cc(-c4ccc5sc6ncccc6c5c4)cc(-c4cccc5ccccc45)c3)nc(-c3ccccc3)n2)cc1. The van der Waals surface area contributed by atoms with Crippen molar-refractivity contribution in [2.45, 2.75) is 0 Å². The minimum absolute atomic E-state index is 0.706. The third-order valence-electron chi connectivity index (χ3n) is 8.74. The standard InChI is InChI=1S/C43H27N3S/c1-3-12-29(13-4-1)39-27-40(46-42(45-39)30-14-5-2-6-15-30)34-24-32(23-33(25-34)36-18-9-16-28-11-7-8-17-35(28)36)31-20-21-41-38(26-31)37-19-10-22-44-43(37)47-41/h1-27H. The molecule has 0 saturated heterocycles. The lowest BCUT2D eigenvalue weighted by atomic mass is 9.92. The molecule has 0 aliphatic carbocycles. The van der Waals surface area contributed by atoms with Crippen LogP contribution >= 0.6 is 11.3 Å². The predicted molar refractivity (Wildman–Crippen MR) is 197 cm³/mol. The maximum Gasteiger partial charge on any atom is 0.160 e.